The lowest BCUT2D eigenvalue weighted by atomic mass is 10.1. The van der Waals surface area contributed by atoms with Gasteiger partial charge >= 0.3 is 0 Å². The largest absolute Gasteiger partial charge is 0.379 e. The van der Waals surface area contributed by atoms with Crippen molar-refractivity contribution in [2.75, 3.05) is 152 Å². The fourth-order valence-corrected chi connectivity index (χ4v) is 6.40. The molecule has 0 aliphatic carbocycles. The van der Waals surface area contributed by atoms with Crippen LogP contribution in [-0.4, -0.2) is 219 Å². The highest BCUT2D eigenvalue weighted by Crippen LogP contribution is 2.17. The van der Waals surface area contributed by atoms with Gasteiger partial charge in [-0.05, 0) is 162 Å². The second kappa shape index (κ2) is 55.2. The van der Waals surface area contributed by atoms with Crippen LogP contribution >= 0.6 is 0 Å². The summed E-state index contributed by atoms with van der Waals surface area (Å²) in [6.45, 7) is 45.7. The number of ether oxygens (including phenoxy) is 17. The van der Waals surface area contributed by atoms with Crippen molar-refractivity contribution in [2.24, 2.45) is 0 Å². The highest BCUT2D eigenvalue weighted by atomic mass is 16.6. The summed E-state index contributed by atoms with van der Waals surface area (Å²) in [5.74, 6) is 0. The normalized spacial score (nSPS) is 13.3. The van der Waals surface area contributed by atoms with Gasteiger partial charge in [0.25, 0.3) is 0 Å². The molecule has 0 saturated carbocycles. The molecule has 454 valence electrons. The molecule has 0 bridgehead atoms. The molecule has 0 aliphatic rings. The zero-order chi connectivity index (χ0) is 56.2. The monoisotopic (exact) mass is 1090 g/mol. The van der Waals surface area contributed by atoms with E-state index in [0.29, 0.717) is 152 Å². The highest BCUT2D eigenvalue weighted by Gasteiger charge is 2.33. The average Bonchev–Trinajstić information content (AvgIpc) is 3.33. The van der Waals surface area contributed by atoms with E-state index in [1.165, 1.54) is 0 Å². The summed E-state index contributed by atoms with van der Waals surface area (Å²) in [6.07, 6.45) is 8.11. The molecule has 0 aromatic rings. The summed E-state index contributed by atoms with van der Waals surface area (Å²) in [7, 11) is 0. The second-order valence-corrected chi connectivity index (χ2v) is 21.0. The third-order valence-electron chi connectivity index (χ3n) is 10.1. The Balaban J connectivity index is 0. The van der Waals surface area contributed by atoms with E-state index in [1.807, 2.05) is 111 Å². The minimum Gasteiger partial charge on any atom is -0.379 e. The van der Waals surface area contributed by atoms with Crippen LogP contribution in [0.5, 0.6) is 0 Å². The van der Waals surface area contributed by atoms with Gasteiger partial charge in [0.05, 0.1) is 95.1 Å². The van der Waals surface area contributed by atoms with Gasteiger partial charge in [0.1, 0.15) is 17.8 Å². The van der Waals surface area contributed by atoms with Gasteiger partial charge in [-0.15, -0.1) is 0 Å². The Morgan fingerprint density at radius 3 is 0.667 bits per heavy atom. The SMILES string of the molecule is CC(C)OCCCOCC(COCC(COCCCOC(C)C)OCCCOC(C)C)OCCCOC(C)C.CC(C)OCCCOCC(COCCCOC(C)C)(COCCCOC(C)C)OCCCOC(C)C. The number of hydrogen-bond acceptors (Lipinski definition) is 17. The van der Waals surface area contributed by atoms with Crippen LogP contribution in [0.3, 0.4) is 0 Å². The van der Waals surface area contributed by atoms with E-state index in [9.17, 15) is 0 Å². The van der Waals surface area contributed by atoms with Crippen LogP contribution in [0.25, 0.3) is 0 Å². The molecular formula is C58H120O17. The summed E-state index contributed by atoms with van der Waals surface area (Å²) in [5.41, 5.74) is -0.686. The fourth-order valence-electron chi connectivity index (χ4n) is 6.40. The van der Waals surface area contributed by atoms with E-state index in [1.54, 1.807) is 0 Å². The molecule has 0 aromatic heterocycles. The van der Waals surface area contributed by atoms with Crippen molar-refractivity contribution in [1.29, 1.82) is 0 Å². The quantitative estimate of drug-likeness (QED) is 0.0530. The van der Waals surface area contributed by atoms with Gasteiger partial charge in [-0.25, -0.2) is 0 Å². The zero-order valence-electron chi connectivity index (χ0n) is 51.1. The molecule has 2 atom stereocenters. The molecule has 2 unspecified atom stereocenters. The minimum absolute atomic E-state index is 0.163. The van der Waals surface area contributed by atoms with Gasteiger partial charge in [0.15, 0.2) is 0 Å². The van der Waals surface area contributed by atoms with Gasteiger partial charge in [-0.2, -0.15) is 0 Å². The van der Waals surface area contributed by atoms with Crippen molar-refractivity contribution in [1.82, 2.24) is 0 Å². The summed E-state index contributed by atoms with van der Waals surface area (Å²) in [6, 6.07) is 0. The Kier molecular flexibility index (Phi) is 56.3. The maximum Gasteiger partial charge on any atom is 0.138 e. The zero-order valence-corrected chi connectivity index (χ0v) is 51.1. The highest BCUT2D eigenvalue weighted by molar-refractivity contribution is 4.81. The first-order valence-corrected chi connectivity index (χ1v) is 29.1. The third kappa shape index (κ3) is 60.8. The summed E-state index contributed by atoms with van der Waals surface area (Å²) >= 11 is 0. The van der Waals surface area contributed by atoms with Crippen LogP contribution in [0.2, 0.25) is 0 Å². The van der Waals surface area contributed by atoms with Crippen molar-refractivity contribution in [2.45, 2.75) is 229 Å². The lowest BCUT2D eigenvalue weighted by molar-refractivity contribution is -0.170. The van der Waals surface area contributed by atoms with Crippen molar-refractivity contribution in [3.63, 3.8) is 0 Å². The summed E-state index contributed by atoms with van der Waals surface area (Å²) in [5, 5.41) is 0. The first kappa shape index (κ1) is 76.4. The van der Waals surface area contributed by atoms with Crippen molar-refractivity contribution in [3.8, 4) is 0 Å². The fraction of sp³-hybridized carbons (Fsp3) is 1.00. The van der Waals surface area contributed by atoms with Gasteiger partial charge in [-0.1, -0.05) is 0 Å². The van der Waals surface area contributed by atoms with E-state index >= 15 is 0 Å². The molecule has 0 N–H and O–H groups in total. The molecule has 75 heavy (non-hydrogen) atoms. The molecule has 0 saturated heterocycles. The smallest absolute Gasteiger partial charge is 0.138 e. The Hall–Kier alpha value is -0.680. The van der Waals surface area contributed by atoms with Gasteiger partial charge in [0, 0.05) is 106 Å². The minimum atomic E-state index is -0.686. The number of hydrogen-bond donors (Lipinski definition) is 0. The maximum atomic E-state index is 6.40. The molecule has 0 radical (unpaired) electrons. The molecule has 17 nitrogen and oxygen atoms in total. The molecule has 0 fully saturated rings. The van der Waals surface area contributed by atoms with Crippen LogP contribution < -0.4 is 0 Å². The molecule has 0 aromatic carbocycles. The molecule has 17 heteroatoms. The molecule has 0 spiro atoms. The van der Waals surface area contributed by atoms with Crippen LogP contribution in [0.4, 0.5) is 0 Å². The van der Waals surface area contributed by atoms with Gasteiger partial charge < -0.3 is 80.5 Å². The maximum absolute atomic E-state index is 6.40. The van der Waals surface area contributed by atoms with Crippen LogP contribution in [-0.2, 0) is 80.5 Å². The summed E-state index contributed by atoms with van der Waals surface area (Å²) < 4.78 is 99.4. The van der Waals surface area contributed by atoms with E-state index in [4.69, 9.17) is 80.5 Å². The van der Waals surface area contributed by atoms with E-state index in [-0.39, 0.29) is 61.0 Å². The molecule has 0 amide bonds. The van der Waals surface area contributed by atoms with E-state index in [0.717, 1.165) is 51.4 Å². The lowest BCUT2D eigenvalue weighted by Crippen LogP contribution is -2.48. The first-order valence-electron chi connectivity index (χ1n) is 29.1. The van der Waals surface area contributed by atoms with Crippen molar-refractivity contribution >= 4 is 0 Å². The van der Waals surface area contributed by atoms with Gasteiger partial charge in [-0.3, -0.25) is 0 Å². The Bertz CT molecular complexity index is 1020. The predicted molar refractivity (Wildman–Crippen MR) is 299 cm³/mol. The van der Waals surface area contributed by atoms with E-state index in [2.05, 4.69) is 0 Å². The first-order chi connectivity index (χ1) is 35.9. The average molecular weight is 1090 g/mol. The van der Waals surface area contributed by atoms with Crippen LogP contribution in [0.1, 0.15) is 162 Å². The Labute approximate surface area is 459 Å². The summed E-state index contributed by atoms with van der Waals surface area (Å²) in [4.78, 5) is 0. The van der Waals surface area contributed by atoms with Gasteiger partial charge in [0.2, 0.25) is 0 Å². The molecule has 0 aliphatic heterocycles. The molecule has 0 rings (SSSR count). The van der Waals surface area contributed by atoms with E-state index < -0.39 is 5.60 Å². The third-order valence-corrected chi connectivity index (χ3v) is 10.1. The molecule has 0 heterocycles. The lowest BCUT2D eigenvalue weighted by Gasteiger charge is -2.33. The van der Waals surface area contributed by atoms with Crippen molar-refractivity contribution < 1.29 is 80.5 Å². The van der Waals surface area contributed by atoms with Crippen LogP contribution in [0, 0.1) is 0 Å². The Morgan fingerprint density at radius 2 is 0.413 bits per heavy atom. The molecular weight excluding hydrogens is 969 g/mol. The standard InChI is InChI=1S/C30H62O9.C28H58O8/c1-25(2)34-15-9-13-31-21-29(38-19-11-17-36-27(5)6)23-33-24-30(39-20-12-18-37-28(7)8)22-32-14-10-16-35-26(3)4;1-24(2)32-16-9-13-29-21-28(36-20-12-19-35-27(7)8,22-30-14-10-17-33-25(3)4)23-31-15-11-18-34-26(5)6/h25-30H,9-24H2,1-8H3;24-27H,9-23H2,1-8H3. The predicted octanol–water partition coefficient (Wildman–Crippen LogP) is 10.1. The number of rotatable bonds is 57. The van der Waals surface area contributed by atoms with Crippen LogP contribution in [0.15, 0.2) is 0 Å². The Morgan fingerprint density at radius 1 is 0.213 bits per heavy atom. The topological polar surface area (TPSA) is 157 Å². The van der Waals surface area contributed by atoms with Crippen molar-refractivity contribution in [3.05, 3.63) is 0 Å². The second-order valence-electron chi connectivity index (χ2n) is 21.0.